The van der Waals surface area contributed by atoms with E-state index in [9.17, 15) is 19.2 Å². The number of anilines is 1. The van der Waals surface area contributed by atoms with E-state index in [-0.39, 0.29) is 16.8 Å². The molecule has 1 aliphatic rings. The van der Waals surface area contributed by atoms with E-state index < -0.39 is 35.0 Å². The summed E-state index contributed by atoms with van der Waals surface area (Å²) < 4.78 is 11.0. The van der Waals surface area contributed by atoms with Crippen LogP contribution in [0.5, 0.6) is 0 Å². The van der Waals surface area contributed by atoms with Gasteiger partial charge in [-0.1, -0.05) is 18.2 Å². The maximum absolute atomic E-state index is 12.9. The Hall–Kier alpha value is -4.66. The summed E-state index contributed by atoms with van der Waals surface area (Å²) in [6.07, 6.45) is 0. The van der Waals surface area contributed by atoms with Crippen molar-refractivity contribution in [2.75, 3.05) is 4.90 Å². The summed E-state index contributed by atoms with van der Waals surface area (Å²) in [5.74, 6) is -2.09. The van der Waals surface area contributed by atoms with Gasteiger partial charge in [-0.25, -0.2) is 14.5 Å². The Balaban J connectivity index is 1.70. The highest BCUT2D eigenvalue weighted by Gasteiger charge is 2.36. The van der Waals surface area contributed by atoms with Gasteiger partial charge in [-0.15, -0.1) is 0 Å². The van der Waals surface area contributed by atoms with Gasteiger partial charge in [0.1, 0.15) is 11.2 Å². The van der Waals surface area contributed by atoms with Gasteiger partial charge in [0.2, 0.25) is 0 Å². The number of carbonyl (C=O) groups excluding carboxylic acids is 4. The summed E-state index contributed by atoms with van der Waals surface area (Å²) in [5, 5.41) is 8.61. The monoisotopic (exact) mass is 541 g/mol. The molecule has 0 aromatic heterocycles. The van der Waals surface area contributed by atoms with Crippen LogP contribution in [0, 0.1) is 6.92 Å². The van der Waals surface area contributed by atoms with Crippen LogP contribution >= 0.6 is 0 Å². The molecule has 4 rings (SSSR count). The number of nitrogens with zero attached hydrogens (tertiary/aromatic N) is 3. The van der Waals surface area contributed by atoms with Crippen molar-refractivity contribution >= 4 is 40.8 Å². The molecule has 9 nitrogen and oxygen atoms in total. The minimum absolute atomic E-state index is 0.115. The minimum atomic E-state index is -0.748. The third kappa shape index (κ3) is 6.31. The number of azo groups is 1. The van der Waals surface area contributed by atoms with Crippen molar-refractivity contribution in [3.8, 4) is 0 Å². The predicted molar refractivity (Wildman–Crippen MR) is 150 cm³/mol. The van der Waals surface area contributed by atoms with E-state index in [4.69, 9.17) is 9.47 Å². The number of fused-ring (bicyclic) bond motifs is 1. The number of hydrogen-bond acceptors (Lipinski definition) is 8. The first-order chi connectivity index (χ1) is 18.6. The largest absolute Gasteiger partial charge is 0.456 e. The van der Waals surface area contributed by atoms with Crippen LogP contribution in [0.4, 0.5) is 17.1 Å². The lowest BCUT2D eigenvalue weighted by Gasteiger charge is -2.21. The van der Waals surface area contributed by atoms with Crippen molar-refractivity contribution < 1.29 is 28.7 Å². The van der Waals surface area contributed by atoms with E-state index in [0.29, 0.717) is 22.5 Å². The zero-order valence-corrected chi connectivity index (χ0v) is 23.6. The Bertz CT molecular complexity index is 1480. The second-order valence-electron chi connectivity index (χ2n) is 11.4. The smallest absolute Gasteiger partial charge is 0.338 e. The number of ether oxygens (including phenoxy) is 2. The number of imide groups is 1. The second-order valence-corrected chi connectivity index (χ2v) is 11.4. The van der Waals surface area contributed by atoms with Crippen LogP contribution < -0.4 is 4.90 Å². The van der Waals surface area contributed by atoms with Crippen LogP contribution in [0.3, 0.4) is 0 Å². The van der Waals surface area contributed by atoms with E-state index in [1.165, 1.54) is 18.2 Å². The van der Waals surface area contributed by atoms with Crippen LogP contribution in [0.15, 0.2) is 70.9 Å². The molecule has 1 heterocycles. The lowest BCUT2D eigenvalue weighted by Crippen LogP contribution is -2.29. The second kappa shape index (κ2) is 10.5. The van der Waals surface area contributed by atoms with Gasteiger partial charge in [0.25, 0.3) is 11.8 Å². The summed E-state index contributed by atoms with van der Waals surface area (Å²) in [6, 6.07) is 16.0. The third-order valence-corrected chi connectivity index (χ3v) is 5.71. The molecule has 0 saturated heterocycles. The number of amides is 2. The third-order valence-electron chi connectivity index (χ3n) is 5.71. The normalized spacial score (nSPS) is 13.5. The molecular formula is C31H31N3O6. The lowest BCUT2D eigenvalue weighted by molar-refractivity contribution is 0.00676. The van der Waals surface area contributed by atoms with Gasteiger partial charge in [-0.3, -0.25) is 9.59 Å². The molecule has 0 saturated carbocycles. The van der Waals surface area contributed by atoms with Crippen molar-refractivity contribution in [2.45, 2.75) is 59.7 Å². The van der Waals surface area contributed by atoms with Gasteiger partial charge in [0.15, 0.2) is 0 Å². The average molecular weight is 542 g/mol. The molecule has 0 radical (unpaired) electrons. The molecule has 0 atom stereocenters. The van der Waals surface area contributed by atoms with Crippen molar-refractivity contribution in [3.63, 3.8) is 0 Å². The Kier molecular flexibility index (Phi) is 7.43. The number of hydrogen-bond donors (Lipinski definition) is 0. The van der Waals surface area contributed by atoms with Crippen molar-refractivity contribution in [3.05, 3.63) is 88.5 Å². The molecule has 0 aliphatic carbocycles. The SMILES string of the molecule is Cc1ccc(N2C(=O)c3ccccc3C2=O)cc1N=Nc1cc(C(=O)OC(C)(C)C)cc(C(=O)OC(C)(C)C)c1. The molecule has 0 spiro atoms. The topological polar surface area (TPSA) is 115 Å². The molecule has 0 bridgehead atoms. The van der Waals surface area contributed by atoms with Crippen molar-refractivity contribution in [1.29, 1.82) is 0 Å². The van der Waals surface area contributed by atoms with Gasteiger partial charge in [0, 0.05) is 0 Å². The molecule has 3 aromatic carbocycles. The highest BCUT2D eigenvalue weighted by Crippen LogP contribution is 2.33. The molecule has 206 valence electrons. The van der Waals surface area contributed by atoms with Gasteiger partial charge in [-0.2, -0.15) is 10.2 Å². The van der Waals surface area contributed by atoms with Gasteiger partial charge >= 0.3 is 11.9 Å². The van der Waals surface area contributed by atoms with Crippen molar-refractivity contribution in [1.82, 2.24) is 0 Å². The minimum Gasteiger partial charge on any atom is -0.456 e. The quantitative estimate of drug-likeness (QED) is 0.193. The predicted octanol–water partition coefficient (Wildman–Crippen LogP) is 7.12. The maximum Gasteiger partial charge on any atom is 0.338 e. The molecule has 40 heavy (non-hydrogen) atoms. The fourth-order valence-corrected chi connectivity index (χ4v) is 3.96. The standard InChI is InChI=1S/C31H31N3O6/c1-18-12-13-22(34-26(35)23-10-8-9-11-24(23)27(34)36)17-25(18)33-32-21-15-19(28(37)39-30(2,3)4)14-20(16-21)29(38)40-31(5,6)7/h8-17H,1-7H3. The molecule has 0 N–H and O–H groups in total. The first-order valence-corrected chi connectivity index (χ1v) is 12.7. The van der Waals surface area contributed by atoms with E-state index in [1.54, 1.807) is 84.0 Å². The Morgan fingerprint density at radius 3 is 1.68 bits per heavy atom. The molecule has 2 amide bonds. The van der Waals surface area contributed by atoms with E-state index in [1.807, 2.05) is 6.92 Å². The van der Waals surface area contributed by atoms with E-state index in [2.05, 4.69) is 10.2 Å². The van der Waals surface area contributed by atoms with E-state index >= 15 is 0 Å². The molecular weight excluding hydrogens is 510 g/mol. The van der Waals surface area contributed by atoms with Crippen LogP contribution in [0.1, 0.15) is 88.5 Å². The Morgan fingerprint density at radius 1 is 0.700 bits per heavy atom. The van der Waals surface area contributed by atoms with Gasteiger partial charge in [-0.05, 0) is 96.5 Å². The Morgan fingerprint density at radius 2 is 1.20 bits per heavy atom. The van der Waals surface area contributed by atoms with Gasteiger partial charge in [0.05, 0.1) is 39.3 Å². The van der Waals surface area contributed by atoms with Crippen LogP contribution in [0.2, 0.25) is 0 Å². The highest BCUT2D eigenvalue weighted by atomic mass is 16.6. The molecule has 0 fully saturated rings. The summed E-state index contributed by atoms with van der Waals surface area (Å²) in [6.45, 7) is 12.3. The van der Waals surface area contributed by atoms with Crippen molar-refractivity contribution in [2.24, 2.45) is 10.2 Å². The highest BCUT2D eigenvalue weighted by molar-refractivity contribution is 6.34. The zero-order chi connectivity index (χ0) is 29.4. The number of carbonyl (C=O) groups is 4. The summed E-state index contributed by atoms with van der Waals surface area (Å²) in [7, 11) is 0. The van der Waals surface area contributed by atoms with E-state index in [0.717, 1.165) is 10.5 Å². The first-order valence-electron chi connectivity index (χ1n) is 12.7. The number of rotatable bonds is 5. The number of aryl methyl sites for hydroxylation is 1. The summed E-state index contributed by atoms with van der Waals surface area (Å²) in [5.41, 5.74) is 1.11. The number of benzene rings is 3. The molecule has 9 heteroatoms. The summed E-state index contributed by atoms with van der Waals surface area (Å²) in [4.78, 5) is 52.7. The molecule has 3 aromatic rings. The fraction of sp³-hybridized carbons (Fsp3) is 0.290. The summed E-state index contributed by atoms with van der Waals surface area (Å²) >= 11 is 0. The maximum atomic E-state index is 12.9. The molecule has 0 unspecified atom stereocenters. The van der Waals surface area contributed by atoms with Crippen LogP contribution in [-0.2, 0) is 9.47 Å². The van der Waals surface area contributed by atoms with Crippen LogP contribution in [0.25, 0.3) is 0 Å². The number of esters is 2. The molecule has 1 aliphatic heterocycles. The van der Waals surface area contributed by atoms with Crippen LogP contribution in [-0.4, -0.2) is 35.0 Å². The van der Waals surface area contributed by atoms with Gasteiger partial charge < -0.3 is 9.47 Å². The fourth-order valence-electron chi connectivity index (χ4n) is 3.96. The Labute approximate surface area is 232 Å². The average Bonchev–Trinajstić information content (AvgIpc) is 3.11. The zero-order valence-electron chi connectivity index (χ0n) is 23.6. The first kappa shape index (κ1) is 28.4. The lowest BCUT2D eigenvalue weighted by atomic mass is 10.1.